The maximum atomic E-state index is 10.3. The lowest BCUT2D eigenvalue weighted by molar-refractivity contribution is -0.137. The third kappa shape index (κ3) is 15.9. The minimum absolute atomic E-state index is 0.280. The summed E-state index contributed by atoms with van der Waals surface area (Å²) < 4.78 is 0. The Morgan fingerprint density at radius 1 is 0.947 bits per heavy atom. The minimum Gasteiger partial charge on any atom is -0.481 e. The third-order valence-electron chi connectivity index (χ3n) is 2.30. The fourth-order valence-electron chi connectivity index (χ4n) is 1.36. The molecule has 0 radical (unpaired) electrons. The Balaban J connectivity index is 3.43. The van der Waals surface area contributed by atoms with Crippen molar-refractivity contribution in [3.8, 4) is 35.5 Å². The van der Waals surface area contributed by atoms with Gasteiger partial charge in [0.05, 0.1) is 0 Å². The summed E-state index contributed by atoms with van der Waals surface area (Å²) >= 11 is 0. The van der Waals surface area contributed by atoms with Gasteiger partial charge >= 0.3 is 5.97 Å². The number of carbonyl (C=O) groups is 1. The zero-order valence-electron chi connectivity index (χ0n) is 11.3. The maximum Gasteiger partial charge on any atom is 0.303 e. The molecule has 0 aromatic carbocycles. The molecule has 0 rings (SSSR count). The van der Waals surface area contributed by atoms with Crippen molar-refractivity contribution in [1.82, 2.24) is 0 Å². The molecule has 19 heavy (non-hydrogen) atoms. The standard InChI is InChI=1S/C17H20O2/c1-2-3-4-5-6-7-8-9-10-11-12-13-14-15-16-17(18)19/h2H,1,3,10-16H2,(H,18,19). The quantitative estimate of drug-likeness (QED) is 0.410. The Bertz CT molecular complexity index is 441. The molecule has 0 spiro atoms. The van der Waals surface area contributed by atoms with Gasteiger partial charge in [-0.2, -0.15) is 0 Å². The summed E-state index contributed by atoms with van der Waals surface area (Å²) in [6, 6.07) is 0. The van der Waals surface area contributed by atoms with Gasteiger partial charge in [-0.15, -0.1) is 6.58 Å². The average Bonchev–Trinajstić information content (AvgIpc) is 2.39. The van der Waals surface area contributed by atoms with Crippen molar-refractivity contribution in [1.29, 1.82) is 0 Å². The van der Waals surface area contributed by atoms with Crippen molar-refractivity contribution in [2.45, 2.75) is 51.4 Å². The van der Waals surface area contributed by atoms with Crippen molar-refractivity contribution in [2.24, 2.45) is 0 Å². The predicted octanol–water partition coefficient (Wildman–Crippen LogP) is 3.39. The van der Waals surface area contributed by atoms with E-state index < -0.39 is 5.97 Å². The number of hydrogen-bond donors (Lipinski definition) is 1. The van der Waals surface area contributed by atoms with Crippen molar-refractivity contribution in [2.75, 3.05) is 0 Å². The van der Waals surface area contributed by atoms with Gasteiger partial charge in [0.1, 0.15) is 0 Å². The summed E-state index contributed by atoms with van der Waals surface area (Å²) in [5, 5.41) is 8.46. The number of carboxylic acid groups (broad SMARTS) is 1. The molecule has 0 aliphatic carbocycles. The second-order valence-electron chi connectivity index (χ2n) is 4.01. The lowest BCUT2D eigenvalue weighted by Gasteiger charge is -1.96. The van der Waals surface area contributed by atoms with Crippen molar-refractivity contribution < 1.29 is 9.90 Å². The Labute approximate surface area is 116 Å². The van der Waals surface area contributed by atoms with Crippen LogP contribution in [-0.2, 0) is 4.79 Å². The van der Waals surface area contributed by atoms with Crippen LogP contribution in [0.4, 0.5) is 0 Å². The molecule has 0 bridgehead atoms. The SMILES string of the molecule is C=CCC#CC#CC#CCCCCCCCC(=O)O. The third-order valence-corrected chi connectivity index (χ3v) is 2.30. The molecule has 2 nitrogen and oxygen atoms in total. The number of hydrogen-bond acceptors (Lipinski definition) is 1. The summed E-state index contributed by atoms with van der Waals surface area (Å²) in [7, 11) is 0. The summed E-state index contributed by atoms with van der Waals surface area (Å²) in [6.45, 7) is 3.56. The van der Waals surface area contributed by atoms with E-state index >= 15 is 0 Å². The molecule has 0 heterocycles. The van der Waals surface area contributed by atoms with E-state index in [4.69, 9.17) is 5.11 Å². The lowest BCUT2D eigenvalue weighted by atomic mass is 10.1. The lowest BCUT2D eigenvalue weighted by Crippen LogP contribution is -1.93. The van der Waals surface area contributed by atoms with Crippen LogP contribution in [0.15, 0.2) is 12.7 Å². The van der Waals surface area contributed by atoms with Crippen LogP contribution in [0.25, 0.3) is 0 Å². The molecule has 0 saturated heterocycles. The van der Waals surface area contributed by atoms with Gasteiger partial charge in [0, 0.05) is 19.3 Å². The molecule has 0 fully saturated rings. The summed E-state index contributed by atoms with van der Waals surface area (Å²) in [5.41, 5.74) is 0. The highest BCUT2D eigenvalue weighted by molar-refractivity contribution is 5.66. The second-order valence-corrected chi connectivity index (χ2v) is 4.01. The number of rotatable bonds is 8. The van der Waals surface area contributed by atoms with Gasteiger partial charge in [-0.25, -0.2) is 0 Å². The van der Waals surface area contributed by atoms with Gasteiger partial charge in [-0.1, -0.05) is 37.2 Å². The van der Waals surface area contributed by atoms with Crippen LogP contribution in [0, 0.1) is 35.5 Å². The van der Waals surface area contributed by atoms with Crippen LogP contribution < -0.4 is 0 Å². The van der Waals surface area contributed by atoms with Gasteiger partial charge < -0.3 is 5.11 Å². The molecule has 0 aliphatic rings. The number of carboxylic acids is 1. The molecule has 0 amide bonds. The first-order valence-corrected chi connectivity index (χ1v) is 6.55. The van der Waals surface area contributed by atoms with Crippen molar-refractivity contribution in [3.63, 3.8) is 0 Å². The van der Waals surface area contributed by atoms with Gasteiger partial charge in [0.15, 0.2) is 0 Å². The zero-order chi connectivity index (χ0) is 14.2. The zero-order valence-corrected chi connectivity index (χ0v) is 11.3. The van der Waals surface area contributed by atoms with Crippen molar-refractivity contribution >= 4 is 5.97 Å². The largest absolute Gasteiger partial charge is 0.481 e. The normalized spacial score (nSPS) is 8.00. The highest BCUT2D eigenvalue weighted by Crippen LogP contribution is 2.06. The monoisotopic (exact) mass is 256 g/mol. The molecular weight excluding hydrogens is 236 g/mol. The summed E-state index contributed by atoms with van der Waals surface area (Å²) in [5.74, 6) is 15.9. The topological polar surface area (TPSA) is 37.3 Å². The molecule has 0 aromatic heterocycles. The highest BCUT2D eigenvalue weighted by atomic mass is 16.4. The molecule has 0 saturated carbocycles. The van der Waals surface area contributed by atoms with Gasteiger partial charge in [-0.05, 0) is 36.5 Å². The van der Waals surface area contributed by atoms with Crippen LogP contribution in [-0.4, -0.2) is 11.1 Å². The van der Waals surface area contributed by atoms with Gasteiger partial charge in [-0.3, -0.25) is 4.79 Å². The number of unbranched alkanes of at least 4 members (excludes halogenated alkanes) is 5. The first-order chi connectivity index (χ1) is 9.27. The molecule has 2 heteroatoms. The van der Waals surface area contributed by atoms with Crippen LogP contribution in [0.5, 0.6) is 0 Å². The molecular formula is C17H20O2. The van der Waals surface area contributed by atoms with Crippen LogP contribution in [0.2, 0.25) is 0 Å². The van der Waals surface area contributed by atoms with E-state index in [0.717, 1.165) is 38.5 Å². The Hall–Kier alpha value is -2.11. The fourth-order valence-corrected chi connectivity index (χ4v) is 1.36. The van der Waals surface area contributed by atoms with Crippen LogP contribution >= 0.6 is 0 Å². The molecule has 0 atom stereocenters. The fraction of sp³-hybridized carbons (Fsp3) is 0.471. The predicted molar refractivity (Wildman–Crippen MR) is 78.1 cm³/mol. The first-order valence-electron chi connectivity index (χ1n) is 6.55. The van der Waals surface area contributed by atoms with E-state index in [2.05, 4.69) is 42.1 Å². The maximum absolute atomic E-state index is 10.3. The average molecular weight is 256 g/mol. The van der Waals surface area contributed by atoms with Crippen LogP contribution in [0.1, 0.15) is 51.4 Å². The molecule has 0 unspecified atom stereocenters. The van der Waals surface area contributed by atoms with E-state index in [0.29, 0.717) is 6.42 Å². The van der Waals surface area contributed by atoms with E-state index in [9.17, 15) is 4.79 Å². The molecule has 100 valence electrons. The second kappa shape index (κ2) is 14.0. The Morgan fingerprint density at radius 3 is 2.26 bits per heavy atom. The van der Waals surface area contributed by atoms with Crippen LogP contribution in [0.3, 0.4) is 0 Å². The van der Waals surface area contributed by atoms with E-state index in [1.165, 1.54) is 0 Å². The van der Waals surface area contributed by atoms with Crippen molar-refractivity contribution in [3.05, 3.63) is 12.7 Å². The number of aliphatic carboxylic acids is 1. The highest BCUT2D eigenvalue weighted by Gasteiger charge is 1.95. The van der Waals surface area contributed by atoms with Gasteiger partial charge in [0.25, 0.3) is 0 Å². The number of allylic oxidation sites excluding steroid dienone is 1. The first kappa shape index (κ1) is 16.9. The van der Waals surface area contributed by atoms with Gasteiger partial charge in [0.2, 0.25) is 0 Å². The van der Waals surface area contributed by atoms with E-state index in [1.807, 2.05) is 0 Å². The Kier molecular flexibility index (Phi) is 12.4. The smallest absolute Gasteiger partial charge is 0.303 e. The summed E-state index contributed by atoms with van der Waals surface area (Å²) in [4.78, 5) is 10.3. The van der Waals surface area contributed by atoms with E-state index in [-0.39, 0.29) is 6.42 Å². The van der Waals surface area contributed by atoms with E-state index in [1.54, 1.807) is 6.08 Å². The Morgan fingerprint density at radius 2 is 1.58 bits per heavy atom. The molecule has 0 aromatic rings. The summed E-state index contributed by atoms with van der Waals surface area (Å²) in [6.07, 6.45) is 8.49. The minimum atomic E-state index is -0.708. The molecule has 0 aliphatic heterocycles. The molecule has 1 N–H and O–H groups in total.